The average molecular weight is 373 g/mol. The van der Waals surface area contributed by atoms with Crippen LogP contribution in [-0.4, -0.2) is 26.3 Å². The van der Waals surface area contributed by atoms with Crippen molar-refractivity contribution in [2.75, 3.05) is 25.6 Å². The minimum atomic E-state index is -0.444. The van der Waals surface area contributed by atoms with Gasteiger partial charge in [0.2, 0.25) is 0 Å². The van der Waals surface area contributed by atoms with Crippen LogP contribution >= 0.6 is 23.2 Å². The zero-order valence-corrected chi connectivity index (χ0v) is 14.2. The van der Waals surface area contributed by atoms with Crippen LogP contribution in [0.1, 0.15) is 0 Å². The molecule has 0 saturated carbocycles. The first-order valence-electron chi connectivity index (χ1n) is 6.96. The van der Waals surface area contributed by atoms with E-state index >= 15 is 0 Å². The van der Waals surface area contributed by atoms with Gasteiger partial charge in [-0.15, -0.1) is 0 Å². The molecule has 5 nitrogen and oxygen atoms in total. The Bertz CT molecular complexity index is 728. The van der Waals surface area contributed by atoms with Crippen LogP contribution in [-0.2, 0) is 0 Å². The summed E-state index contributed by atoms with van der Waals surface area (Å²) in [5.74, 6) is 0.390. The van der Waals surface area contributed by atoms with E-state index in [1.165, 1.54) is 19.2 Å². The molecule has 0 atom stereocenters. The fourth-order valence-electron chi connectivity index (χ4n) is 1.86. The Kier molecular flexibility index (Phi) is 6.52. The molecule has 8 heteroatoms. The summed E-state index contributed by atoms with van der Waals surface area (Å²) >= 11 is 11.7. The van der Waals surface area contributed by atoms with Crippen molar-refractivity contribution < 1.29 is 18.7 Å². The summed E-state index contributed by atoms with van der Waals surface area (Å²) in [6.07, 6.45) is 0. The molecule has 128 valence electrons. The SMILES string of the molecule is COc1ccc(Cl)cc1NC(=O)NCCOc1ccc(F)cc1Cl. The molecule has 0 bridgehead atoms. The molecule has 2 aromatic rings. The van der Waals surface area contributed by atoms with E-state index in [0.29, 0.717) is 22.2 Å². The number of methoxy groups -OCH3 is 1. The van der Waals surface area contributed by atoms with Crippen molar-refractivity contribution in [1.29, 1.82) is 0 Å². The first kappa shape index (κ1) is 18.2. The number of halogens is 3. The smallest absolute Gasteiger partial charge is 0.319 e. The van der Waals surface area contributed by atoms with E-state index < -0.39 is 11.8 Å². The second-order valence-corrected chi connectivity index (χ2v) is 5.49. The number of anilines is 1. The lowest BCUT2D eigenvalue weighted by Crippen LogP contribution is -2.32. The van der Waals surface area contributed by atoms with E-state index in [4.69, 9.17) is 32.7 Å². The minimum absolute atomic E-state index is 0.170. The summed E-state index contributed by atoms with van der Waals surface area (Å²) in [5, 5.41) is 5.88. The molecular weight excluding hydrogens is 358 g/mol. The predicted molar refractivity (Wildman–Crippen MR) is 91.9 cm³/mol. The number of carbonyl (C=O) groups is 1. The summed E-state index contributed by atoms with van der Waals surface area (Å²) in [6.45, 7) is 0.397. The van der Waals surface area contributed by atoms with Crippen LogP contribution in [0.5, 0.6) is 11.5 Å². The standard InChI is InChI=1S/C16H15Cl2FN2O3/c1-23-15-4-2-10(17)8-13(15)21-16(22)20-6-7-24-14-5-3-11(19)9-12(14)18/h2-5,8-9H,6-7H2,1H3,(H2,20,21,22). The number of urea groups is 1. The highest BCUT2D eigenvalue weighted by Crippen LogP contribution is 2.27. The van der Waals surface area contributed by atoms with Crippen LogP contribution in [0.4, 0.5) is 14.9 Å². The van der Waals surface area contributed by atoms with Crippen LogP contribution in [0.25, 0.3) is 0 Å². The summed E-state index contributed by atoms with van der Waals surface area (Å²) in [5.41, 5.74) is 0.449. The molecule has 2 rings (SSSR count). The average Bonchev–Trinajstić information content (AvgIpc) is 2.53. The Hall–Kier alpha value is -2.18. The highest BCUT2D eigenvalue weighted by Gasteiger charge is 2.08. The quantitative estimate of drug-likeness (QED) is 0.741. The number of hydrogen-bond donors (Lipinski definition) is 2. The maximum Gasteiger partial charge on any atom is 0.319 e. The second kappa shape index (κ2) is 8.61. The third kappa shape index (κ3) is 5.18. The molecule has 2 amide bonds. The highest BCUT2D eigenvalue weighted by molar-refractivity contribution is 6.32. The Morgan fingerprint density at radius 2 is 1.92 bits per heavy atom. The van der Waals surface area contributed by atoms with Crippen LogP contribution in [0.3, 0.4) is 0 Å². The van der Waals surface area contributed by atoms with Gasteiger partial charge in [0, 0.05) is 5.02 Å². The van der Waals surface area contributed by atoms with E-state index in [2.05, 4.69) is 10.6 Å². The number of hydrogen-bond acceptors (Lipinski definition) is 3. The fraction of sp³-hybridized carbons (Fsp3) is 0.188. The number of rotatable bonds is 6. The fourth-order valence-corrected chi connectivity index (χ4v) is 2.26. The van der Waals surface area contributed by atoms with Crippen molar-refractivity contribution in [3.8, 4) is 11.5 Å². The Morgan fingerprint density at radius 1 is 1.17 bits per heavy atom. The third-order valence-corrected chi connectivity index (χ3v) is 3.48. The number of nitrogens with one attached hydrogen (secondary N) is 2. The first-order chi connectivity index (χ1) is 11.5. The molecule has 2 N–H and O–H groups in total. The van der Waals surface area contributed by atoms with E-state index in [9.17, 15) is 9.18 Å². The Labute approximate surface area is 148 Å². The molecule has 0 radical (unpaired) electrons. The molecule has 0 spiro atoms. The van der Waals surface area contributed by atoms with Gasteiger partial charge in [0.15, 0.2) is 0 Å². The summed E-state index contributed by atoms with van der Waals surface area (Å²) < 4.78 is 23.4. The summed E-state index contributed by atoms with van der Waals surface area (Å²) in [4.78, 5) is 11.9. The van der Waals surface area contributed by atoms with Gasteiger partial charge < -0.3 is 20.1 Å². The molecule has 0 fully saturated rings. The van der Waals surface area contributed by atoms with Gasteiger partial charge in [0.25, 0.3) is 0 Å². The molecule has 0 heterocycles. The molecule has 0 saturated heterocycles. The largest absolute Gasteiger partial charge is 0.495 e. The highest BCUT2D eigenvalue weighted by atomic mass is 35.5. The van der Waals surface area contributed by atoms with Crippen molar-refractivity contribution in [2.24, 2.45) is 0 Å². The van der Waals surface area contributed by atoms with Gasteiger partial charge in [-0.1, -0.05) is 23.2 Å². The Balaban J connectivity index is 1.80. The van der Waals surface area contributed by atoms with Gasteiger partial charge in [0.05, 0.1) is 24.4 Å². The number of benzene rings is 2. The molecule has 2 aromatic carbocycles. The van der Waals surface area contributed by atoms with Crippen LogP contribution in [0, 0.1) is 5.82 Å². The number of carbonyl (C=O) groups excluding carboxylic acids is 1. The van der Waals surface area contributed by atoms with Crippen LogP contribution < -0.4 is 20.1 Å². The van der Waals surface area contributed by atoms with Gasteiger partial charge in [-0.3, -0.25) is 0 Å². The zero-order chi connectivity index (χ0) is 17.5. The lowest BCUT2D eigenvalue weighted by Gasteiger charge is -2.12. The van der Waals surface area contributed by atoms with E-state index in [0.717, 1.165) is 6.07 Å². The number of ether oxygens (including phenoxy) is 2. The third-order valence-electron chi connectivity index (χ3n) is 2.95. The molecule has 0 aromatic heterocycles. The maximum atomic E-state index is 12.9. The normalized spacial score (nSPS) is 10.2. The van der Waals surface area contributed by atoms with Gasteiger partial charge in [-0.05, 0) is 36.4 Å². The van der Waals surface area contributed by atoms with Crippen molar-refractivity contribution in [1.82, 2.24) is 5.32 Å². The monoisotopic (exact) mass is 372 g/mol. The molecular formula is C16H15Cl2FN2O3. The molecule has 0 aliphatic heterocycles. The van der Waals surface area contributed by atoms with Crippen LogP contribution in [0.15, 0.2) is 36.4 Å². The Morgan fingerprint density at radius 3 is 2.62 bits per heavy atom. The molecule has 0 aliphatic carbocycles. The van der Waals surface area contributed by atoms with Crippen molar-refractivity contribution in [3.63, 3.8) is 0 Å². The summed E-state index contributed by atoms with van der Waals surface area (Å²) in [6, 6.07) is 8.27. The second-order valence-electron chi connectivity index (χ2n) is 4.65. The number of amides is 2. The van der Waals surface area contributed by atoms with Gasteiger partial charge in [-0.25, -0.2) is 9.18 Å². The van der Waals surface area contributed by atoms with Gasteiger partial charge in [-0.2, -0.15) is 0 Å². The van der Waals surface area contributed by atoms with Gasteiger partial charge in [0.1, 0.15) is 23.9 Å². The van der Waals surface area contributed by atoms with Crippen LogP contribution in [0.2, 0.25) is 10.0 Å². The zero-order valence-electron chi connectivity index (χ0n) is 12.7. The summed E-state index contributed by atoms with van der Waals surface area (Å²) in [7, 11) is 1.49. The molecule has 24 heavy (non-hydrogen) atoms. The van der Waals surface area contributed by atoms with E-state index in [1.807, 2.05) is 0 Å². The molecule has 0 unspecified atom stereocenters. The molecule has 0 aliphatic rings. The van der Waals surface area contributed by atoms with Gasteiger partial charge >= 0.3 is 6.03 Å². The van der Waals surface area contributed by atoms with Crippen molar-refractivity contribution >= 4 is 34.9 Å². The van der Waals surface area contributed by atoms with E-state index in [1.54, 1.807) is 18.2 Å². The van der Waals surface area contributed by atoms with E-state index in [-0.39, 0.29) is 18.2 Å². The lowest BCUT2D eigenvalue weighted by atomic mass is 10.3. The minimum Gasteiger partial charge on any atom is -0.495 e. The van der Waals surface area contributed by atoms with Crippen molar-refractivity contribution in [3.05, 3.63) is 52.3 Å². The predicted octanol–water partition coefficient (Wildman–Crippen LogP) is 4.34. The maximum absolute atomic E-state index is 12.9. The topological polar surface area (TPSA) is 59.6 Å². The first-order valence-corrected chi connectivity index (χ1v) is 7.71. The van der Waals surface area contributed by atoms with Crippen molar-refractivity contribution in [2.45, 2.75) is 0 Å². The lowest BCUT2D eigenvalue weighted by molar-refractivity contribution is 0.247.